The van der Waals surface area contributed by atoms with Crippen LogP contribution in [0.3, 0.4) is 0 Å². The average molecular weight is 226 g/mol. The first-order valence-electron chi connectivity index (χ1n) is 3.85. The zero-order valence-corrected chi connectivity index (χ0v) is 8.00. The molecule has 2 amide bonds. The van der Waals surface area contributed by atoms with Crippen molar-refractivity contribution in [1.82, 2.24) is 5.32 Å². The summed E-state index contributed by atoms with van der Waals surface area (Å²) in [5, 5.41) is 2.08. The quantitative estimate of drug-likeness (QED) is 0.553. The zero-order chi connectivity index (χ0) is 11.0. The van der Waals surface area contributed by atoms with E-state index in [0.717, 1.165) is 0 Å². The molecule has 1 atom stereocenters. The Kier molecular flexibility index (Phi) is 2.25. The Morgan fingerprint density at radius 2 is 1.87 bits per heavy atom. The van der Waals surface area contributed by atoms with E-state index in [2.05, 4.69) is 9.50 Å². The average Bonchev–Trinajstić information content (AvgIpc) is 2.41. The first-order chi connectivity index (χ1) is 7.08. The van der Waals surface area contributed by atoms with Crippen LogP contribution in [-0.2, 0) is 11.4 Å². The van der Waals surface area contributed by atoms with Gasteiger partial charge in [0, 0.05) is 0 Å². The van der Waals surface area contributed by atoms with E-state index < -0.39 is 23.2 Å². The van der Waals surface area contributed by atoms with Gasteiger partial charge in [-0.3, -0.25) is 14.9 Å². The molecule has 1 heterocycles. The van der Waals surface area contributed by atoms with Gasteiger partial charge in [0.15, 0.2) is 0 Å². The summed E-state index contributed by atoms with van der Waals surface area (Å²) >= 11 is -2.70. The summed E-state index contributed by atoms with van der Waals surface area (Å²) in [4.78, 5) is 22.3. The predicted molar refractivity (Wildman–Crippen MR) is 47.8 cm³/mol. The minimum absolute atomic E-state index is 0.00747. The minimum Gasteiger partial charge on any atom is -0.740 e. The van der Waals surface area contributed by atoms with E-state index in [4.69, 9.17) is 0 Å². The molecule has 1 aliphatic heterocycles. The van der Waals surface area contributed by atoms with E-state index in [1.165, 1.54) is 18.2 Å². The smallest absolute Gasteiger partial charge is 0.259 e. The van der Waals surface area contributed by atoms with E-state index in [-0.39, 0.29) is 16.9 Å². The number of carbonyl (C=O) groups excluding carboxylic acids is 2. The van der Waals surface area contributed by atoms with E-state index in [1.54, 1.807) is 0 Å². The molecule has 1 aromatic carbocycles. The summed E-state index contributed by atoms with van der Waals surface area (Å²) in [5.74, 6) is -1.06. The van der Waals surface area contributed by atoms with Gasteiger partial charge in [-0.2, -0.15) is 0 Å². The number of carbonyl (C=O) groups is 2. The van der Waals surface area contributed by atoms with Gasteiger partial charge in [-0.1, -0.05) is 0 Å². The second kappa shape index (κ2) is 3.44. The molecule has 0 bridgehead atoms. The van der Waals surface area contributed by atoms with Crippen LogP contribution in [0.4, 0.5) is 0 Å². The highest BCUT2D eigenvalue weighted by Crippen LogP contribution is 2.21. The fraction of sp³-hybridized carbons (Fsp3) is 0. The van der Waals surface area contributed by atoms with Crippen molar-refractivity contribution >= 4 is 23.2 Å². The first kappa shape index (κ1) is 9.81. The Balaban J connectivity index is 2.42. The topological polar surface area (TPSA) is 95.5 Å². The Morgan fingerprint density at radius 1 is 1.20 bits per heavy atom. The lowest BCUT2D eigenvalue weighted by Gasteiger charge is -2.07. The van der Waals surface area contributed by atoms with Crippen molar-refractivity contribution in [2.45, 2.75) is 0 Å². The fourth-order valence-electron chi connectivity index (χ4n) is 1.28. The zero-order valence-electron chi connectivity index (χ0n) is 7.18. The maximum Gasteiger partial charge on any atom is 0.259 e. The standard InChI is InChI=1S/C8H5NO5S/c10-7-5-2-1-4(14-15(12)13)3-6(5)8(11)9-7/h1-3H,(H,12,13)(H,9,10,11)/p-1. The maximum atomic E-state index is 11.2. The second-order valence-electron chi connectivity index (χ2n) is 2.78. The third kappa shape index (κ3) is 1.74. The lowest BCUT2D eigenvalue weighted by molar-refractivity contribution is 0.0879. The molecule has 0 spiro atoms. The molecule has 0 saturated carbocycles. The number of hydrogen-bond acceptors (Lipinski definition) is 5. The third-order valence-electron chi connectivity index (χ3n) is 1.87. The minimum atomic E-state index is -2.70. The number of rotatable bonds is 2. The van der Waals surface area contributed by atoms with Crippen LogP contribution in [0.1, 0.15) is 20.7 Å². The Bertz CT molecular complexity index is 484. The van der Waals surface area contributed by atoms with Crippen LogP contribution in [0.25, 0.3) is 0 Å². The lowest BCUT2D eigenvalue weighted by Crippen LogP contribution is -2.19. The maximum absolute atomic E-state index is 11.2. The van der Waals surface area contributed by atoms with Gasteiger partial charge in [0.05, 0.1) is 11.1 Å². The number of fused-ring (bicyclic) bond motifs is 1. The van der Waals surface area contributed by atoms with Gasteiger partial charge in [-0.15, -0.1) is 0 Å². The van der Waals surface area contributed by atoms with Gasteiger partial charge in [-0.05, 0) is 18.2 Å². The molecule has 0 aromatic heterocycles. The fourth-order valence-corrected chi connectivity index (χ4v) is 1.54. The highest BCUT2D eigenvalue weighted by molar-refractivity contribution is 7.74. The van der Waals surface area contributed by atoms with E-state index in [1.807, 2.05) is 0 Å². The Hall–Kier alpha value is -1.73. The molecule has 1 unspecified atom stereocenters. The molecule has 15 heavy (non-hydrogen) atoms. The van der Waals surface area contributed by atoms with E-state index in [9.17, 15) is 18.4 Å². The van der Waals surface area contributed by atoms with Crippen LogP contribution < -0.4 is 9.50 Å². The lowest BCUT2D eigenvalue weighted by atomic mass is 10.1. The van der Waals surface area contributed by atoms with Crippen molar-refractivity contribution in [2.24, 2.45) is 0 Å². The summed E-state index contributed by atoms with van der Waals surface area (Å²) < 4.78 is 24.8. The molecule has 1 aromatic rings. The molecule has 1 N–H and O–H groups in total. The van der Waals surface area contributed by atoms with Crippen LogP contribution in [-0.4, -0.2) is 20.6 Å². The molecular formula is C8H4NO5S-. The van der Waals surface area contributed by atoms with Crippen LogP contribution in [0.5, 0.6) is 5.75 Å². The van der Waals surface area contributed by atoms with Gasteiger partial charge in [0.2, 0.25) is 0 Å². The Morgan fingerprint density at radius 3 is 2.53 bits per heavy atom. The second-order valence-corrected chi connectivity index (χ2v) is 3.35. The highest BCUT2D eigenvalue weighted by Gasteiger charge is 2.26. The molecule has 0 fully saturated rings. The summed E-state index contributed by atoms with van der Waals surface area (Å²) in [6, 6.07) is 3.83. The van der Waals surface area contributed by atoms with Crippen LogP contribution in [0.2, 0.25) is 0 Å². The van der Waals surface area contributed by atoms with Gasteiger partial charge in [0.25, 0.3) is 11.8 Å². The number of nitrogens with one attached hydrogen (secondary N) is 1. The summed E-state index contributed by atoms with van der Waals surface area (Å²) in [6.45, 7) is 0. The van der Waals surface area contributed by atoms with Crippen molar-refractivity contribution in [3.8, 4) is 5.75 Å². The first-order valence-corrected chi connectivity index (χ1v) is 4.85. The predicted octanol–water partition coefficient (Wildman–Crippen LogP) is -0.257. The van der Waals surface area contributed by atoms with Crippen molar-refractivity contribution in [1.29, 1.82) is 0 Å². The van der Waals surface area contributed by atoms with Crippen molar-refractivity contribution in [3.63, 3.8) is 0 Å². The number of imide groups is 1. The number of hydrogen-bond donors (Lipinski definition) is 1. The molecule has 0 aliphatic carbocycles. The normalized spacial score (nSPS) is 15.8. The highest BCUT2D eigenvalue weighted by atomic mass is 32.2. The summed E-state index contributed by atoms with van der Waals surface area (Å²) in [6.07, 6.45) is 0. The molecule has 78 valence electrons. The molecule has 6 nitrogen and oxygen atoms in total. The Labute approximate surface area is 86.7 Å². The van der Waals surface area contributed by atoms with Crippen molar-refractivity contribution in [2.75, 3.05) is 0 Å². The van der Waals surface area contributed by atoms with Crippen molar-refractivity contribution < 1.29 is 22.5 Å². The van der Waals surface area contributed by atoms with Crippen LogP contribution >= 0.6 is 0 Å². The van der Waals surface area contributed by atoms with Crippen LogP contribution in [0.15, 0.2) is 18.2 Å². The van der Waals surface area contributed by atoms with Gasteiger partial charge in [-0.25, -0.2) is 4.21 Å². The monoisotopic (exact) mass is 226 g/mol. The number of benzene rings is 1. The molecule has 7 heteroatoms. The van der Waals surface area contributed by atoms with Crippen molar-refractivity contribution in [3.05, 3.63) is 29.3 Å². The molecule has 2 rings (SSSR count). The summed E-state index contributed by atoms with van der Waals surface area (Å²) in [7, 11) is 0. The largest absolute Gasteiger partial charge is 0.740 e. The third-order valence-corrected chi connectivity index (χ3v) is 2.20. The molecule has 0 saturated heterocycles. The van der Waals surface area contributed by atoms with Gasteiger partial charge < -0.3 is 8.74 Å². The summed E-state index contributed by atoms with van der Waals surface area (Å²) in [5.41, 5.74) is 0.326. The molecule has 0 radical (unpaired) electrons. The van der Waals surface area contributed by atoms with E-state index in [0.29, 0.717) is 0 Å². The number of amides is 2. The molecule has 1 aliphatic rings. The van der Waals surface area contributed by atoms with E-state index >= 15 is 0 Å². The van der Waals surface area contributed by atoms with Crippen LogP contribution in [0, 0.1) is 0 Å². The molecular weight excluding hydrogens is 222 g/mol. The van der Waals surface area contributed by atoms with Gasteiger partial charge >= 0.3 is 0 Å². The van der Waals surface area contributed by atoms with Gasteiger partial charge in [0.1, 0.15) is 17.1 Å². The SMILES string of the molecule is O=C1NC(=O)c2cc(OS(=O)[O-])ccc21.